The number of aliphatic hydroxyl groups excluding tert-OH is 1. The molecule has 0 rings (SSSR count). The van der Waals surface area contributed by atoms with Gasteiger partial charge in [-0.2, -0.15) is 0 Å². The predicted molar refractivity (Wildman–Crippen MR) is 132 cm³/mol. The van der Waals surface area contributed by atoms with E-state index >= 15 is 0 Å². The fourth-order valence-corrected chi connectivity index (χ4v) is 4.07. The molecule has 0 saturated heterocycles. The Kier molecular flexibility index (Phi) is 21.7. The Bertz CT molecular complexity index is 391. The third-order valence-corrected chi connectivity index (χ3v) is 6.19. The smallest absolute Gasteiger partial charge is 0.231 e. The maximum atomic E-state index is 12.6. The van der Waals surface area contributed by atoms with Gasteiger partial charge in [-0.25, -0.2) is 0 Å². The van der Waals surface area contributed by atoms with Crippen molar-refractivity contribution in [3.8, 4) is 0 Å². The molecule has 4 heteroatoms. The van der Waals surface area contributed by atoms with E-state index in [1.54, 1.807) is 0 Å². The minimum absolute atomic E-state index is 0.196. The number of hydrogen-bond donors (Lipinski definition) is 1. The molecule has 0 aliphatic heterocycles. The number of hydrogen-bond acceptors (Lipinski definition) is 3. The zero-order valence-electron chi connectivity index (χ0n) is 21.1. The fourth-order valence-electron chi connectivity index (χ4n) is 4.07. The Morgan fingerprint density at radius 3 is 1.13 bits per heavy atom. The molecule has 0 aromatic heterocycles. The van der Waals surface area contributed by atoms with Crippen LogP contribution in [0.2, 0.25) is 0 Å². The van der Waals surface area contributed by atoms with Crippen molar-refractivity contribution in [3.63, 3.8) is 0 Å². The predicted octanol–water partition coefficient (Wildman–Crippen LogP) is 7.91. The lowest BCUT2D eigenvalue weighted by Gasteiger charge is -2.25. The first-order valence-electron chi connectivity index (χ1n) is 13.6. The van der Waals surface area contributed by atoms with Crippen LogP contribution in [0.4, 0.5) is 0 Å². The molecule has 1 unspecified atom stereocenters. The Hall–Kier alpha value is -0.900. The molecular weight excluding hydrogens is 386 g/mol. The third kappa shape index (κ3) is 17.3. The molecule has 0 radical (unpaired) electrons. The summed E-state index contributed by atoms with van der Waals surface area (Å²) >= 11 is 0. The average Bonchev–Trinajstić information content (AvgIpc) is 2.76. The quantitative estimate of drug-likeness (QED) is 0.138. The molecule has 0 aromatic rings. The maximum absolute atomic E-state index is 12.6. The minimum atomic E-state index is -0.975. The molecule has 0 heterocycles. The lowest BCUT2D eigenvalue weighted by molar-refractivity contribution is -0.156. The standard InChI is InChI=1S/C27H53NO3/c1-4-7-9-11-13-15-17-19-21-23-26(30)28(25(29)6-3)27(31)24-22-20-18-16-14-12-10-8-5-2/h25,29H,4-24H2,1-3H3. The van der Waals surface area contributed by atoms with Gasteiger partial charge < -0.3 is 5.11 Å². The molecular formula is C27H53NO3. The average molecular weight is 440 g/mol. The Balaban J connectivity index is 4.00. The first-order chi connectivity index (χ1) is 15.1. The van der Waals surface area contributed by atoms with Crippen LogP contribution in [0.15, 0.2) is 0 Å². The molecule has 0 bridgehead atoms. The molecule has 184 valence electrons. The minimum Gasteiger partial charge on any atom is -0.373 e. The summed E-state index contributed by atoms with van der Waals surface area (Å²) in [5.41, 5.74) is 0. The van der Waals surface area contributed by atoms with Crippen LogP contribution in [0.3, 0.4) is 0 Å². The van der Waals surface area contributed by atoms with Crippen molar-refractivity contribution >= 4 is 11.8 Å². The molecule has 1 atom stereocenters. The summed E-state index contributed by atoms with van der Waals surface area (Å²) < 4.78 is 0. The molecule has 2 amide bonds. The molecule has 0 aliphatic carbocycles. The lowest BCUT2D eigenvalue weighted by Crippen LogP contribution is -2.44. The van der Waals surface area contributed by atoms with Crippen molar-refractivity contribution < 1.29 is 14.7 Å². The molecule has 0 aliphatic rings. The van der Waals surface area contributed by atoms with Gasteiger partial charge in [0.15, 0.2) is 0 Å². The highest BCUT2D eigenvalue weighted by Gasteiger charge is 2.26. The van der Waals surface area contributed by atoms with E-state index in [1.165, 1.54) is 77.0 Å². The van der Waals surface area contributed by atoms with Crippen LogP contribution in [0.1, 0.15) is 156 Å². The van der Waals surface area contributed by atoms with Gasteiger partial charge in [0, 0.05) is 12.8 Å². The zero-order chi connectivity index (χ0) is 23.2. The van der Waals surface area contributed by atoms with E-state index in [1.807, 2.05) is 6.92 Å². The number of rotatable bonds is 22. The van der Waals surface area contributed by atoms with Crippen molar-refractivity contribution in [2.75, 3.05) is 0 Å². The van der Waals surface area contributed by atoms with Crippen molar-refractivity contribution in [3.05, 3.63) is 0 Å². The summed E-state index contributed by atoms with van der Waals surface area (Å²) in [4.78, 5) is 26.3. The summed E-state index contributed by atoms with van der Waals surface area (Å²) in [6.07, 6.45) is 21.7. The fraction of sp³-hybridized carbons (Fsp3) is 0.926. The summed E-state index contributed by atoms with van der Waals surface area (Å²) in [7, 11) is 0. The van der Waals surface area contributed by atoms with Gasteiger partial charge in [0.25, 0.3) is 0 Å². The van der Waals surface area contributed by atoms with Crippen LogP contribution in [-0.2, 0) is 9.59 Å². The highest BCUT2D eigenvalue weighted by Crippen LogP contribution is 2.15. The first-order valence-corrected chi connectivity index (χ1v) is 13.6. The molecule has 1 N–H and O–H groups in total. The normalized spacial score (nSPS) is 12.1. The summed E-state index contributed by atoms with van der Waals surface area (Å²) in [6, 6.07) is 0. The van der Waals surface area contributed by atoms with Gasteiger partial charge >= 0.3 is 0 Å². The Morgan fingerprint density at radius 1 is 0.548 bits per heavy atom. The number of carbonyl (C=O) groups excluding carboxylic acids is 2. The van der Waals surface area contributed by atoms with Crippen molar-refractivity contribution in [1.82, 2.24) is 4.90 Å². The SMILES string of the molecule is CCCCCCCCCCCC(=O)N(C(=O)CCCCCCCCCCC)C(O)CC. The van der Waals surface area contributed by atoms with Crippen LogP contribution in [-0.4, -0.2) is 28.0 Å². The lowest BCUT2D eigenvalue weighted by atomic mass is 10.1. The van der Waals surface area contributed by atoms with E-state index in [4.69, 9.17) is 0 Å². The van der Waals surface area contributed by atoms with E-state index in [9.17, 15) is 14.7 Å². The Labute approximate surface area is 193 Å². The number of imide groups is 1. The highest BCUT2D eigenvalue weighted by atomic mass is 16.3. The van der Waals surface area contributed by atoms with E-state index < -0.39 is 6.23 Å². The number of carbonyl (C=O) groups is 2. The number of amides is 2. The maximum Gasteiger partial charge on any atom is 0.231 e. The molecule has 0 spiro atoms. The monoisotopic (exact) mass is 439 g/mol. The van der Waals surface area contributed by atoms with E-state index in [0.29, 0.717) is 19.3 Å². The van der Waals surface area contributed by atoms with Gasteiger partial charge in [-0.05, 0) is 19.3 Å². The first kappa shape index (κ1) is 30.1. The molecule has 0 fully saturated rings. The second kappa shape index (κ2) is 22.3. The largest absolute Gasteiger partial charge is 0.373 e. The van der Waals surface area contributed by atoms with Crippen LogP contribution in [0.5, 0.6) is 0 Å². The topological polar surface area (TPSA) is 57.6 Å². The van der Waals surface area contributed by atoms with E-state index in [2.05, 4.69) is 13.8 Å². The number of nitrogens with zero attached hydrogens (tertiary/aromatic N) is 1. The molecule has 31 heavy (non-hydrogen) atoms. The number of aliphatic hydroxyl groups is 1. The highest BCUT2D eigenvalue weighted by molar-refractivity contribution is 5.95. The third-order valence-electron chi connectivity index (χ3n) is 6.19. The van der Waals surface area contributed by atoms with Gasteiger partial charge in [0.05, 0.1) is 0 Å². The van der Waals surface area contributed by atoms with Gasteiger partial charge in [0.2, 0.25) is 11.8 Å². The van der Waals surface area contributed by atoms with Crippen LogP contribution >= 0.6 is 0 Å². The van der Waals surface area contributed by atoms with Gasteiger partial charge in [0.1, 0.15) is 6.23 Å². The van der Waals surface area contributed by atoms with Crippen LogP contribution in [0, 0.1) is 0 Å². The van der Waals surface area contributed by atoms with Gasteiger partial charge in [-0.3, -0.25) is 14.5 Å². The summed E-state index contributed by atoms with van der Waals surface area (Å²) in [5, 5.41) is 10.2. The second-order valence-electron chi connectivity index (χ2n) is 9.20. The van der Waals surface area contributed by atoms with Gasteiger partial charge in [-0.1, -0.05) is 124 Å². The van der Waals surface area contributed by atoms with Crippen molar-refractivity contribution in [2.24, 2.45) is 0 Å². The zero-order valence-corrected chi connectivity index (χ0v) is 21.1. The second-order valence-corrected chi connectivity index (χ2v) is 9.20. The van der Waals surface area contributed by atoms with Crippen LogP contribution < -0.4 is 0 Å². The van der Waals surface area contributed by atoms with E-state index in [-0.39, 0.29) is 11.8 Å². The van der Waals surface area contributed by atoms with Crippen LogP contribution in [0.25, 0.3) is 0 Å². The molecule has 4 nitrogen and oxygen atoms in total. The van der Waals surface area contributed by atoms with Gasteiger partial charge in [-0.15, -0.1) is 0 Å². The molecule has 0 aromatic carbocycles. The van der Waals surface area contributed by atoms with E-state index in [0.717, 1.165) is 43.4 Å². The Morgan fingerprint density at radius 2 is 0.839 bits per heavy atom. The number of unbranched alkanes of at least 4 members (excludes halogenated alkanes) is 16. The summed E-state index contributed by atoms with van der Waals surface area (Å²) in [5.74, 6) is -0.392. The molecule has 0 saturated carbocycles. The summed E-state index contributed by atoms with van der Waals surface area (Å²) in [6.45, 7) is 6.28. The van der Waals surface area contributed by atoms with Crippen molar-refractivity contribution in [2.45, 2.75) is 162 Å². The van der Waals surface area contributed by atoms with Crippen molar-refractivity contribution in [1.29, 1.82) is 0 Å².